The number of fused-ring (bicyclic) bond motifs is 2. The maximum absolute atomic E-state index is 12.5. The van der Waals surface area contributed by atoms with E-state index in [0.29, 0.717) is 18.7 Å². The number of ether oxygens (including phenoxy) is 1. The van der Waals surface area contributed by atoms with Gasteiger partial charge in [-0.05, 0) is 31.0 Å². The van der Waals surface area contributed by atoms with Gasteiger partial charge < -0.3 is 14.6 Å². The Labute approximate surface area is 157 Å². The number of nitrogens with one attached hydrogen (secondary N) is 1. The summed E-state index contributed by atoms with van der Waals surface area (Å²) >= 11 is 0. The number of rotatable bonds is 5. The number of Topliss-reactive ketones (excluding diaryl/α,β-unsaturated/α-hetero) is 1. The highest BCUT2D eigenvalue weighted by Gasteiger charge is 2.20. The van der Waals surface area contributed by atoms with E-state index in [2.05, 4.69) is 11.4 Å². The van der Waals surface area contributed by atoms with Crippen molar-refractivity contribution in [3.63, 3.8) is 0 Å². The van der Waals surface area contributed by atoms with Gasteiger partial charge in [0.05, 0.1) is 6.61 Å². The van der Waals surface area contributed by atoms with Gasteiger partial charge in [-0.15, -0.1) is 0 Å². The van der Waals surface area contributed by atoms with E-state index >= 15 is 0 Å². The summed E-state index contributed by atoms with van der Waals surface area (Å²) in [6, 6.07) is 15.7. The molecule has 27 heavy (non-hydrogen) atoms. The molecule has 1 N–H and O–H groups in total. The summed E-state index contributed by atoms with van der Waals surface area (Å²) in [6.45, 7) is 2.93. The summed E-state index contributed by atoms with van der Waals surface area (Å²) in [5, 5.41) is 3.89. The normalized spacial score (nSPS) is 15.8. The molecule has 0 saturated carbocycles. The van der Waals surface area contributed by atoms with Crippen LogP contribution in [-0.2, 0) is 17.8 Å². The molecular weight excluding hydrogens is 340 g/mol. The Kier molecular flexibility index (Phi) is 4.67. The number of benzene rings is 2. The van der Waals surface area contributed by atoms with Crippen LogP contribution in [0.5, 0.6) is 5.75 Å². The van der Waals surface area contributed by atoms with Gasteiger partial charge in [0.2, 0.25) is 5.91 Å². The number of para-hydroxylation sites is 2. The van der Waals surface area contributed by atoms with Crippen molar-refractivity contribution in [1.82, 2.24) is 9.88 Å². The van der Waals surface area contributed by atoms with Crippen molar-refractivity contribution in [2.45, 2.75) is 19.9 Å². The van der Waals surface area contributed by atoms with Crippen LogP contribution in [0.3, 0.4) is 0 Å². The molecule has 1 amide bonds. The van der Waals surface area contributed by atoms with Crippen LogP contribution < -0.4 is 10.1 Å². The molecule has 1 unspecified atom stereocenters. The number of hydrogen-bond donors (Lipinski definition) is 1. The minimum Gasteiger partial charge on any atom is -0.493 e. The molecule has 0 bridgehead atoms. The Hall–Kier alpha value is -3.08. The molecule has 0 aliphatic carbocycles. The first-order chi connectivity index (χ1) is 13.1. The smallest absolute Gasteiger partial charge is 0.239 e. The van der Waals surface area contributed by atoms with E-state index in [1.807, 2.05) is 47.0 Å². The number of hydrogen-bond acceptors (Lipinski definition) is 3. The standard InChI is InChI=1S/C22H22N2O3/c1-15(25)19-12-24(20-8-4-3-7-18(19)20)13-22(26)23-11-16-10-17-6-2-5-9-21(17)27-14-16/h2-9,12,16H,10-11,13-14H2,1H3,(H,23,26). The second-order valence-electron chi connectivity index (χ2n) is 7.04. The molecule has 138 valence electrons. The average Bonchev–Trinajstić information content (AvgIpc) is 3.05. The summed E-state index contributed by atoms with van der Waals surface area (Å²) in [5.74, 6) is 1.14. The van der Waals surface area contributed by atoms with Gasteiger partial charge in [0.25, 0.3) is 0 Å². The predicted octanol–water partition coefficient (Wildman–Crippen LogP) is 3.21. The van der Waals surface area contributed by atoms with Gasteiger partial charge in [-0.2, -0.15) is 0 Å². The van der Waals surface area contributed by atoms with Gasteiger partial charge in [0.15, 0.2) is 5.78 Å². The van der Waals surface area contributed by atoms with Gasteiger partial charge in [-0.1, -0.05) is 36.4 Å². The first-order valence-electron chi connectivity index (χ1n) is 9.18. The molecule has 5 heteroatoms. The van der Waals surface area contributed by atoms with E-state index < -0.39 is 0 Å². The molecule has 3 aromatic rings. The lowest BCUT2D eigenvalue weighted by molar-refractivity contribution is -0.121. The van der Waals surface area contributed by atoms with Crippen LogP contribution in [0.1, 0.15) is 22.8 Å². The molecule has 1 aliphatic heterocycles. The summed E-state index contributed by atoms with van der Waals surface area (Å²) in [5.41, 5.74) is 2.73. The molecule has 2 aromatic carbocycles. The number of aromatic nitrogens is 1. The van der Waals surface area contributed by atoms with Crippen molar-refractivity contribution in [3.05, 3.63) is 65.9 Å². The Morgan fingerprint density at radius 3 is 2.78 bits per heavy atom. The van der Waals surface area contributed by atoms with E-state index in [1.54, 1.807) is 13.1 Å². The number of carbonyl (C=O) groups is 2. The van der Waals surface area contributed by atoms with Gasteiger partial charge in [-0.3, -0.25) is 9.59 Å². The summed E-state index contributed by atoms with van der Waals surface area (Å²) in [7, 11) is 0. The Balaban J connectivity index is 1.41. The third kappa shape index (κ3) is 3.58. The second-order valence-corrected chi connectivity index (χ2v) is 7.04. The van der Waals surface area contributed by atoms with Crippen LogP contribution in [0.4, 0.5) is 0 Å². The van der Waals surface area contributed by atoms with Crippen LogP contribution in [0.15, 0.2) is 54.7 Å². The lowest BCUT2D eigenvalue weighted by Gasteiger charge is -2.25. The molecule has 1 atom stereocenters. The largest absolute Gasteiger partial charge is 0.493 e. The third-order valence-corrected chi connectivity index (χ3v) is 5.03. The SMILES string of the molecule is CC(=O)c1cn(CC(=O)NCC2COc3ccccc3C2)c2ccccc12. The van der Waals surface area contributed by atoms with Crippen molar-refractivity contribution >= 4 is 22.6 Å². The molecule has 2 heterocycles. The molecular formula is C22H22N2O3. The highest BCUT2D eigenvalue weighted by Crippen LogP contribution is 2.26. The maximum Gasteiger partial charge on any atom is 0.239 e. The molecule has 4 rings (SSSR count). The van der Waals surface area contributed by atoms with Crippen LogP contribution >= 0.6 is 0 Å². The van der Waals surface area contributed by atoms with Crippen molar-refractivity contribution < 1.29 is 14.3 Å². The fraction of sp³-hybridized carbons (Fsp3) is 0.273. The van der Waals surface area contributed by atoms with E-state index in [4.69, 9.17) is 4.74 Å². The van der Waals surface area contributed by atoms with Crippen LogP contribution in [0.25, 0.3) is 10.9 Å². The Bertz CT molecular complexity index is 1010. The molecule has 0 saturated heterocycles. The first-order valence-corrected chi connectivity index (χ1v) is 9.18. The van der Waals surface area contributed by atoms with Crippen LogP contribution in [-0.4, -0.2) is 29.4 Å². The van der Waals surface area contributed by atoms with Crippen molar-refractivity contribution in [2.75, 3.05) is 13.2 Å². The fourth-order valence-electron chi connectivity index (χ4n) is 3.65. The van der Waals surface area contributed by atoms with Crippen molar-refractivity contribution in [2.24, 2.45) is 5.92 Å². The molecule has 1 aliphatic rings. The summed E-state index contributed by atoms with van der Waals surface area (Å²) < 4.78 is 7.62. The lowest BCUT2D eigenvalue weighted by atomic mass is 9.97. The molecule has 0 fully saturated rings. The zero-order valence-electron chi connectivity index (χ0n) is 15.3. The lowest BCUT2D eigenvalue weighted by Crippen LogP contribution is -2.36. The highest BCUT2D eigenvalue weighted by molar-refractivity contribution is 6.07. The monoisotopic (exact) mass is 362 g/mol. The van der Waals surface area contributed by atoms with Crippen LogP contribution in [0.2, 0.25) is 0 Å². The van der Waals surface area contributed by atoms with E-state index in [-0.39, 0.29) is 24.2 Å². The van der Waals surface area contributed by atoms with Gasteiger partial charge >= 0.3 is 0 Å². The Morgan fingerprint density at radius 1 is 1.15 bits per heavy atom. The quantitative estimate of drug-likeness (QED) is 0.709. The van der Waals surface area contributed by atoms with Crippen molar-refractivity contribution in [1.29, 1.82) is 0 Å². The predicted molar refractivity (Wildman–Crippen MR) is 104 cm³/mol. The minimum atomic E-state index is -0.0651. The fourth-order valence-corrected chi connectivity index (χ4v) is 3.65. The summed E-state index contributed by atoms with van der Waals surface area (Å²) in [4.78, 5) is 24.3. The van der Waals surface area contributed by atoms with Crippen LogP contribution in [0, 0.1) is 5.92 Å². The molecule has 0 radical (unpaired) electrons. The molecule has 5 nitrogen and oxygen atoms in total. The van der Waals surface area contributed by atoms with Gasteiger partial charge in [0, 0.05) is 35.1 Å². The average molecular weight is 362 g/mol. The van der Waals surface area contributed by atoms with Gasteiger partial charge in [-0.25, -0.2) is 0 Å². The number of carbonyl (C=O) groups excluding carboxylic acids is 2. The maximum atomic E-state index is 12.5. The topological polar surface area (TPSA) is 60.3 Å². The second kappa shape index (κ2) is 7.27. The number of ketones is 1. The zero-order chi connectivity index (χ0) is 18.8. The molecule has 0 spiro atoms. The zero-order valence-corrected chi connectivity index (χ0v) is 15.3. The number of nitrogens with zero attached hydrogens (tertiary/aromatic N) is 1. The van der Waals surface area contributed by atoms with E-state index in [9.17, 15) is 9.59 Å². The van der Waals surface area contributed by atoms with E-state index in [0.717, 1.165) is 23.1 Å². The first kappa shape index (κ1) is 17.3. The van der Waals surface area contributed by atoms with Gasteiger partial charge in [0.1, 0.15) is 12.3 Å². The third-order valence-electron chi connectivity index (χ3n) is 5.03. The number of amides is 1. The Morgan fingerprint density at radius 2 is 1.93 bits per heavy atom. The van der Waals surface area contributed by atoms with Crippen molar-refractivity contribution in [3.8, 4) is 5.75 Å². The minimum absolute atomic E-state index is 0.00313. The highest BCUT2D eigenvalue weighted by atomic mass is 16.5. The summed E-state index contributed by atoms with van der Waals surface area (Å²) in [6.07, 6.45) is 2.67. The van der Waals surface area contributed by atoms with E-state index in [1.165, 1.54) is 5.56 Å². The molecule has 1 aromatic heterocycles.